The highest BCUT2D eigenvalue weighted by atomic mass is 32.2. The van der Waals surface area contributed by atoms with E-state index in [1.807, 2.05) is 6.92 Å². The van der Waals surface area contributed by atoms with E-state index in [-0.39, 0.29) is 21.3 Å². The zero-order valence-electron chi connectivity index (χ0n) is 17.4. The number of esters is 1. The van der Waals surface area contributed by atoms with Crippen molar-refractivity contribution in [2.75, 3.05) is 22.9 Å². The highest BCUT2D eigenvalue weighted by Gasteiger charge is 2.17. The number of sulfonamides is 1. The Morgan fingerprint density at radius 2 is 1.81 bits per heavy atom. The molecule has 0 fully saturated rings. The minimum absolute atomic E-state index is 0.0848. The average molecular weight is 493 g/mol. The Labute approximate surface area is 193 Å². The van der Waals surface area contributed by atoms with Gasteiger partial charge >= 0.3 is 5.97 Å². The van der Waals surface area contributed by atoms with Crippen LogP contribution in [0.5, 0.6) is 0 Å². The molecule has 0 radical (unpaired) electrons. The van der Waals surface area contributed by atoms with Crippen molar-refractivity contribution in [3.05, 3.63) is 59.2 Å². The SMILES string of the molecule is COC(=O)CSc1nnc(NC(=O)c2ccc(C)c(NS(=O)(=O)c3ccc(C)cc3)c2)s1. The van der Waals surface area contributed by atoms with Gasteiger partial charge in [-0.15, -0.1) is 10.2 Å². The molecule has 0 saturated carbocycles. The van der Waals surface area contributed by atoms with Crippen molar-refractivity contribution in [2.24, 2.45) is 0 Å². The quantitative estimate of drug-likeness (QED) is 0.278. The van der Waals surface area contributed by atoms with Crippen LogP contribution in [0.15, 0.2) is 51.7 Å². The lowest BCUT2D eigenvalue weighted by atomic mass is 10.1. The first kappa shape index (κ1) is 23.7. The summed E-state index contributed by atoms with van der Waals surface area (Å²) < 4.78 is 33.0. The molecule has 0 bridgehead atoms. The van der Waals surface area contributed by atoms with Crippen LogP contribution in [-0.2, 0) is 19.6 Å². The molecule has 0 unspecified atom stereocenters. The van der Waals surface area contributed by atoms with Gasteiger partial charge in [0, 0.05) is 5.56 Å². The van der Waals surface area contributed by atoms with Gasteiger partial charge in [-0.1, -0.05) is 46.9 Å². The molecule has 0 atom stereocenters. The fourth-order valence-electron chi connectivity index (χ4n) is 2.46. The second kappa shape index (κ2) is 10.1. The number of ether oxygens (including phenoxy) is 1. The van der Waals surface area contributed by atoms with Gasteiger partial charge in [0.25, 0.3) is 15.9 Å². The maximum Gasteiger partial charge on any atom is 0.316 e. The van der Waals surface area contributed by atoms with Crippen LogP contribution in [0.3, 0.4) is 0 Å². The molecule has 0 aliphatic carbocycles. The zero-order valence-corrected chi connectivity index (χ0v) is 19.9. The van der Waals surface area contributed by atoms with E-state index >= 15 is 0 Å². The Morgan fingerprint density at radius 3 is 2.50 bits per heavy atom. The van der Waals surface area contributed by atoms with Crippen molar-refractivity contribution in [3.8, 4) is 0 Å². The number of anilines is 2. The van der Waals surface area contributed by atoms with Gasteiger partial charge in [-0.3, -0.25) is 19.6 Å². The molecular formula is C20H20N4O5S3. The number of rotatable bonds is 8. The van der Waals surface area contributed by atoms with E-state index < -0.39 is 21.9 Å². The minimum Gasteiger partial charge on any atom is -0.468 e. The Balaban J connectivity index is 1.72. The summed E-state index contributed by atoms with van der Waals surface area (Å²) in [5.74, 6) is -0.779. The molecule has 3 aromatic rings. The van der Waals surface area contributed by atoms with E-state index in [1.165, 1.54) is 25.3 Å². The number of carbonyl (C=O) groups is 2. The third kappa shape index (κ3) is 6.05. The van der Waals surface area contributed by atoms with Gasteiger partial charge in [0.15, 0.2) is 4.34 Å². The molecule has 168 valence electrons. The van der Waals surface area contributed by atoms with Crippen LogP contribution in [0.4, 0.5) is 10.8 Å². The Bertz CT molecular complexity index is 1240. The summed E-state index contributed by atoms with van der Waals surface area (Å²) in [6, 6.07) is 11.2. The van der Waals surface area contributed by atoms with Crippen LogP contribution in [0.25, 0.3) is 0 Å². The molecule has 0 aliphatic heterocycles. The van der Waals surface area contributed by atoms with Crippen molar-refractivity contribution < 1.29 is 22.7 Å². The number of benzene rings is 2. The lowest BCUT2D eigenvalue weighted by Gasteiger charge is -2.12. The average Bonchev–Trinajstić information content (AvgIpc) is 3.20. The van der Waals surface area contributed by atoms with E-state index in [0.29, 0.717) is 15.6 Å². The van der Waals surface area contributed by atoms with Gasteiger partial charge in [0.1, 0.15) is 0 Å². The van der Waals surface area contributed by atoms with Crippen LogP contribution in [0, 0.1) is 13.8 Å². The number of carbonyl (C=O) groups excluding carboxylic acids is 2. The molecule has 9 nitrogen and oxygen atoms in total. The van der Waals surface area contributed by atoms with E-state index in [1.54, 1.807) is 31.2 Å². The molecular weight excluding hydrogens is 472 g/mol. The summed E-state index contributed by atoms with van der Waals surface area (Å²) in [5.41, 5.74) is 2.15. The summed E-state index contributed by atoms with van der Waals surface area (Å²) in [7, 11) is -2.51. The number of hydrogen-bond donors (Lipinski definition) is 2. The molecule has 0 aliphatic rings. The molecule has 1 aromatic heterocycles. The number of methoxy groups -OCH3 is 1. The number of amides is 1. The first-order valence-electron chi connectivity index (χ1n) is 9.22. The predicted octanol–water partition coefficient (Wildman–Crippen LogP) is 3.47. The van der Waals surface area contributed by atoms with Gasteiger partial charge in [0.2, 0.25) is 5.13 Å². The number of thioether (sulfide) groups is 1. The summed E-state index contributed by atoms with van der Waals surface area (Å²) >= 11 is 2.26. The fourth-order valence-corrected chi connectivity index (χ4v) is 5.16. The van der Waals surface area contributed by atoms with Crippen LogP contribution in [0.2, 0.25) is 0 Å². The maximum absolute atomic E-state index is 12.7. The topological polar surface area (TPSA) is 127 Å². The number of aryl methyl sites for hydroxylation is 2. The number of nitrogens with zero attached hydrogens (tertiary/aromatic N) is 2. The molecule has 0 saturated heterocycles. The largest absolute Gasteiger partial charge is 0.468 e. The minimum atomic E-state index is -3.81. The van der Waals surface area contributed by atoms with Gasteiger partial charge in [-0.2, -0.15) is 0 Å². The summed E-state index contributed by atoms with van der Waals surface area (Å²) in [4.78, 5) is 24.0. The summed E-state index contributed by atoms with van der Waals surface area (Å²) in [5, 5.41) is 10.7. The molecule has 12 heteroatoms. The van der Waals surface area contributed by atoms with Crippen LogP contribution < -0.4 is 10.0 Å². The first-order valence-corrected chi connectivity index (χ1v) is 12.5. The normalized spacial score (nSPS) is 11.1. The maximum atomic E-state index is 12.7. The monoisotopic (exact) mass is 492 g/mol. The lowest BCUT2D eigenvalue weighted by Crippen LogP contribution is -2.16. The molecule has 1 heterocycles. The van der Waals surface area contributed by atoms with Gasteiger partial charge in [0.05, 0.1) is 23.4 Å². The van der Waals surface area contributed by atoms with Gasteiger partial charge in [-0.25, -0.2) is 8.42 Å². The van der Waals surface area contributed by atoms with Crippen molar-refractivity contribution >= 4 is 55.8 Å². The highest BCUT2D eigenvalue weighted by Crippen LogP contribution is 2.27. The molecule has 2 N–H and O–H groups in total. The summed E-state index contributed by atoms with van der Waals surface area (Å²) in [6.07, 6.45) is 0. The Morgan fingerprint density at radius 1 is 1.09 bits per heavy atom. The fraction of sp³-hybridized carbons (Fsp3) is 0.200. The van der Waals surface area contributed by atoms with Crippen LogP contribution in [-0.4, -0.2) is 43.4 Å². The van der Waals surface area contributed by atoms with Crippen molar-refractivity contribution in [1.82, 2.24) is 10.2 Å². The van der Waals surface area contributed by atoms with Crippen molar-refractivity contribution in [3.63, 3.8) is 0 Å². The third-order valence-corrected chi connectivity index (χ3v) is 7.57. The molecule has 3 rings (SSSR count). The van der Waals surface area contributed by atoms with Crippen molar-refractivity contribution in [2.45, 2.75) is 23.1 Å². The van der Waals surface area contributed by atoms with E-state index in [0.717, 1.165) is 28.7 Å². The molecule has 0 spiro atoms. The van der Waals surface area contributed by atoms with Gasteiger partial charge in [-0.05, 0) is 43.7 Å². The molecule has 2 aromatic carbocycles. The zero-order chi connectivity index (χ0) is 23.3. The Hall–Kier alpha value is -2.96. The van der Waals surface area contributed by atoms with Gasteiger partial charge < -0.3 is 4.74 Å². The predicted molar refractivity (Wildman–Crippen MR) is 124 cm³/mol. The number of hydrogen-bond acceptors (Lipinski definition) is 9. The molecule has 32 heavy (non-hydrogen) atoms. The van der Waals surface area contributed by atoms with E-state index in [2.05, 4.69) is 25.0 Å². The first-order chi connectivity index (χ1) is 15.2. The summed E-state index contributed by atoms with van der Waals surface area (Å²) in [6.45, 7) is 3.61. The lowest BCUT2D eigenvalue weighted by molar-refractivity contribution is -0.137. The highest BCUT2D eigenvalue weighted by molar-refractivity contribution is 8.01. The third-order valence-electron chi connectivity index (χ3n) is 4.24. The number of aromatic nitrogens is 2. The Kier molecular flexibility index (Phi) is 7.48. The van der Waals surface area contributed by atoms with Crippen molar-refractivity contribution in [1.29, 1.82) is 0 Å². The second-order valence-electron chi connectivity index (χ2n) is 6.64. The second-order valence-corrected chi connectivity index (χ2v) is 10.5. The molecule has 1 amide bonds. The smallest absolute Gasteiger partial charge is 0.316 e. The van der Waals surface area contributed by atoms with E-state index in [4.69, 9.17) is 0 Å². The van der Waals surface area contributed by atoms with Crippen LogP contribution >= 0.6 is 23.1 Å². The number of nitrogens with one attached hydrogen (secondary N) is 2. The standard InChI is InChI=1S/C20H20N4O5S3/c1-12-4-8-15(9-5-12)32(27,28)24-16-10-14(7-6-13(16)2)18(26)21-19-22-23-20(31-19)30-11-17(25)29-3/h4-10,24H,11H2,1-3H3,(H,21,22,26). The van der Waals surface area contributed by atoms with Crippen LogP contribution in [0.1, 0.15) is 21.5 Å². The van der Waals surface area contributed by atoms with E-state index in [9.17, 15) is 18.0 Å².